The van der Waals surface area contributed by atoms with Gasteiger partial charge < -0.3 is 26.8 Å². The molecule has 1 aliphatic rings. The van der Waals surface area contributed by atoms with Crippen LogP contribution in [0, 0.1) is 0 Å². The van der Waals surface area contributed by atoms with Crippen molar-refractivity contribution in [3.05, 3.63) is 16.6 Å². The Hall–Kier alpha value is -2.53. The molecule has 0 radical (unpaired) electrons. The number of aromatic nitrogens is 1. The lowest BCUT2D eigenvalue weighted by Gasteiger charge is -2.24. The molecule has 2 amide bonds. The molecule has 1 fully saturated rings. The molecule has 0 bridgehead atoms. The van der Waals surface area contributed by atoms with E-state index >= 15 is 0 Å². The molecule has 11 heteroatoms. The molecule has 3 atom stereocenters. The zero-order valence-electron chi connectivity index (χ0n) is 15.0. The maximum atomic E-state index is 12.7. The third-order valence-electron chi connectivity index (χ3n) is 4.21. The van der Waals surface area contributed by atoms with Crippen molar-refractivity contribution in [3.63, 3.8) is 0 Å². The van der Waals surface area contributed by atoms with E-state index < -0.39 is 24.1 Å². The number of carbonyl (C=O) groups is 3. The smallest absolute Gasteiger partial charge is 0.243 e. The van der Waals surface area contributed by atoms with E-state index in [2.05, 4.69) is 15.3 Å². The number of thiazole rings is 1. The van der Waals surface area contributed by atoms with Crippen LogP contribution in [0.4, 0.5) is 0 Å². The van der Waals surface area contributed by atoms with Gasteiger partial charge in [0, 0.05) is 38.0 Å². The van der Waals surface area contributed by atoms with Crippen molar-refractivity contribution in [3.8, 4) is 0 Å². The summed E-state index contributed by atoms with van der Waals surface area (Å²) in [6.45, 7) is 1.76. The predicted octanol–water partition coefficient (Wildman–Crippen LogP) is -1.15. The van der Waals surface area contributed by atoms with E-state index in [1.807, 2.05) is 0 Å². The highest BCUT2D eigenvalue weighted by molar-refractivity contribution is 7.11. The Morgan fingerprint density at radius 3 is 2.81 bits per heavy atom. The van der Waals surface area contributed by atoms with Crippen molar-refractivity contribution >= 4 is 34.9 Å². The number of aliphatic hydroxyl groups is 1. The Bertz CT molecular complexity index is 704. The summed E-state index contributed by atoms with van der Waals surface area (Å²) in [6, 6.07) is -1.62. The second-order valence-corrected chi connectivity index (χ2v) is 7.18. The maximum absolute atomic E-state index is 12.7. The lowest BCUT2D eigenvalue weighted by atomic mass is 10.1. The average molecular weight is 396 g/mol. The van der Waals surface area contributed by atoms with Gasteiger partial charge in [-0.1, -0.05) is 0 Å². The van der Waals surface area contributed by atoms with Crippen molar-refractivity contribution in [2.45, 2.75) is 44.4 Å². The third-order valence-corrected chi connectivity index (χ3v) is 5.00. The van der Waals surface area contributed by atoms with Crippen LogP contribution in [0.15, 0.2) is 16.6 Å². The van der Waals surface area contributed by atoms with Gasteiger partial charge in [0.2, 0.25) is 17.6 Å². The first-order valence-corrected chi connectivity index (χ1v) is 9.42. The number of nitrogens with one attached hydrogen (secondary N) is 1. The predicted molar refractivity (Wildman–Crippen MR) is 100 cm³/mol. The van der Waals surface area contributed by atoms with Gasteiger partial charge in [-0.3, -0.25) is 19.4 Å². The molecule has 1 aromatic rings. The van der Waals surface area contributed by atoms with Gasteiger partial charge >= 0.3 is 0 Å². The van der Waals surface area contributed by atoms with Gasteiger partial charge in [0.25, 0.3) is 0 Å². The Kier molecular flexibility index (Phi) is 7.25. The summed E-state index contributed by atoms with van der Waals surface area (Å²) >= 11 is 1.18. The highest BCUT2D eigenvalue weighted by Gasteiger charge is 2.38. The number of hydrogen-bond donors (Lipinski definition) is 4. The van der Waals surface area contributed by atoms with Gasteiger partial charge in [0.15, 0.2) is 11.0 Å². The van der Waals surface area contributed by atoms with Crippen LogP contribution in [-0.4, -0.2) is 69.8 Å². The first kappa shape index (κ1) is 20.8. The highest BCUT2D eigenvalue weighted by atomic mass is 32.1. The fourth-order valence-electron chi connectivity index (χ4n) is 2.94. The molecule has 0 unspecified atom stereocenters. The Balaban J connectivity index is 2.08. The van der Waals surface area contributed by atoms with Crippen molar-refractivity contribution in [1.82, 2.24) is 15.2 Å². The molecule has 2 rings (SSSR count). The summed E-state index contributed by atoms with van der Waals surface area (Å²) in [5, 5.41) is 14.5. The molecule has 0 aromatic carbocycles. The molecular weight excluding hydrogens is 372 g/mol. The van der Waals surface area contributed by atoms with Crippen LogP contribution in [0.3, 0.4) is 0 Å². The summed E-state index contributed by atoms with van der Waals surface area (Å²) in [7, 11) is 0. The molecule has 6 N–H and O–H groups in total. The number of hydrogen-bond acceptors (Lipinski definition) is 7. The van der Waals surface area contributed by atoms with Crippen LogP contribution in [0.5, 0.6) is 0 Å². The van der Waals surface area contributed by atoms with E-state index in [1.54, 1.807) is 5.38 Å². The lowest BCUT2D eigenvalue weighted by Crippen LogP contribution is -2.50. The molecule has 0 saturated carbocycles. The zero-order chi connectivity index (χ0) is 20.0. The van der Waals surface area contributed by atoms with Gasteiger partial charge in [-0.15, -0.1) is 11.3 Å². The van der Waals surface area contributed by atoms with Gasteiger partial charge in [-0.2, -0.15) is 0 Å². The fraction of sp³-hybridized carbons (Fsp3) is 0.562. The monoisotopic (exact) mass is 396 g/mol. The quantitative estimate of drug-likeness (QED) is 0.186. The standard InChI is InChI=1S/C16H24N6O4S/c1-9(23)22-8-10(24)7-12(22)14(26)21-11(3-2-4-20-16(17)18)13(25)15-19-5-6-27-15/h5-6,10-12,24H,2-4,7-8H2,1H3,(H,21,26)(H4,17,18,20)/t10-,11+,12+/m1/s1. The number of likely N-dealkylation sites (tertiary alicyclic amines) is 1. The minimum atomic E-state index is -0.815. The molecule has 10 nitrogen and oxygen atoms in total. The number of guanidine groups is 1. The van der Waals surface area contributed by atoms with Crippen LogP contribution in [0.1, 0.15) is 36.0 Å². The maximum Gasteiger partial charge on any atom is 0.243 e. The first-order chi connectivity index (χ1) is 12.8. The van der Waals surface area contributed by atoms with Gasteiger partial charge in [-0.25, -0.2) is 4.98 Å². The summed E-state index contributed by atoms with van der Waals surface area (Å²) in [6.07, 6.45) is 1.68. The molecular formula is C16H24N6O4S. The minimum absolute atomic E-state index is 0.0427. The number of rotatable bonds is 8. The lowest BCUT2D eigenvalue weighted by molar-refractivity contribution is -0.137. The molecule has 27 heavy (non-hydrogen) atoms. The normalized spacial score (nSPS) is 20.1. The number of aliphatic hydroxyl groups excluding tert-OH is 1. The number of amides is 2. The Morgan fingerprint density at radius 2 is 2.22 bits per heavy atom. The van der Waals surface area contributed by atoms with Gasteiger partial charge in [-0.05, 0) is 12.8 Å². The number of Topliss-reactive ketones (excluding diaryl/α,β-unsaturated/α-hetero) is 1. The van der Waals surface area contributed by atoms with E-state index in [-0.39, 0.29) is 35.6 Å². The number of nitrogens with zero attached hydrogens (tertiary/aromatic N) is 3. The second kappa shape index (κ2) is 9.42. The molecule has 148 valence electrons. The second-order valence-electron chi connectivity index (χ2n) is 6.29. The molecule has 1 aliphatic heterocycles. The molecule has 0 aliphatic carbocycles. The average Bonchev–Trinajstić information content (AvgIpc) is 3.26. The number of ketones is 1. The van der Waals surface area contributed by atoms with Crippen LogP contribution in [0.25, 0.3) is 0 Å². The summed E-state index contributed by atoms with van der Waals surface area (Å²) in [5.41, 5.74) is 10.6. The largest absolute Gasteiger partial charge is 0.391 e. The van der Waals surface area contributed by atoms with E-state index in [1.165, 1.54) is 29.4 Å². The minimum Gasteiger partial charge on any atom is -0.391 e. The van der Waals surface area contributed by atoms with Crippen LogP contribution in [0.2, 0.25) is 0 Å². The van der Waals surface area contributed by atoms with E-state index in [0.29, 0.717) is 19.4 Å². The van der Waals surface area contributed by atoms with Crippen molar-refractivity contribution in [1.29, 1.82) is 0 Å². The van der Waals surface area contributed by atoms with Gasteiger partial charge in [0.1, 0.15) is 6.04 Å². The molecule has 2 heterocycles. The third kappa shape index (κ3) is 5.73. The summed E-state index contributed by atoms with van der Waals surface area (Å²) in [4.78, 5) is 46.2. The fourth-order valence-corrected chi connectivity index (χ4v) is 3.58. The Labute approximate surface area is 160 Å². The number of carbonyl (C=O) groups excluding carboxylic acids is 3. The number of aliphatic imine (C=N–C) groups is 1. The van der Waals surface area contributed by atoms with E-state index in [4.69, 9.17) is 11.5 Å². The zero-order valence-corrected chi connectivity index (χ0v) is 15.8. The number of nitrogens with two attached hydrogens (primary N) is 2. The molecule has 1 saturated heterocycles. The summed E-state index contributed by atoms with van der Waals surface area (Å²) in [5.74, 6) is -1.13. The molecule has 0 spiro atoms. The SMILES string of the molecule is CC(=O)N1C[C@H](O)C[C@H]1C(=O)N[C@@H](CCCN=C(N)N)C(=O)c1nccs1. The Morgan fingerprint density at radius 1 is 1.48 bits per heavy atom. The topological polar surface area (TPSA) is 164 Å². The summed E-state index contributed by atoms with van der Waals surface area (Å²) < 4.78 is 0. The highest BCUT2D eigenvalue weighted by Crippen LogP contribution is 2.19. The van der Waals surface area contributed by atoms with Crippen molar-refractivity contribution in [2.24, 2.45) is 16.5 Å². The van der Waals surface area contributed by atoms with E-state index in [9.17, 15) is 19.5 Å². The van der Waals surface area contributed by atoms with Gasteiger partial charge in [0.05, 0.1) is 12.1 Å². The van der Waals surface area contributed by atoms with Crippen molar-refractivity contribution in [2.75, 3.05) is 13.1 Å². The van der Waals surface area contributed by atoms with E-state index in [0.717, 1.165) is 0 Å². The number of β-amino-alcohol motifs (C(OH)–C–C–N with tert-alkyl or cyclic N) is 1. The molecule has 1 aromatic heterocycles. The van der Waals surface area contributed by atoms with Crippen molar-refractivity contribution < 1.29 is 19.5 Å². The van der Waals surface area contributed by atoms with Crippen LogP contribution < -0.4 is 16.8 Å². The van der Waals surface area contributed by atoms with Crippen LogP contribution in [-0.2, 0) is 9.59 Å². The first-order valence-electron chi connectivity index (χ1n) is 8.54. The van der Waals surface area contributed by atoms with Crippen LogP contribution >= 0.6 is 11.3 Å².